The van der Waals surface area contributed by atoms with E-state index in [0.29, 0.717) is 17.9 Å². The number of hydrogen-bond donors (Lipinski definition) is 1. The summed E-state index contributed by atoms with van der Waals surface area (Å²) in [5, 5.41) is 0. The van der Waals surface area contributed by atoms with Crippen molar-refractivity contribution >= 4 is 17.3 Å². The zero-order valence-electron chi connectivity index (χ0n) is 12.8. The van der Waals surface area contributed by atoms with Crippen LogP contribution in [0.4, 0.5) is 11.4 Å². The van der Waals surface area contributed by atoms with Crippen LogP contribution >= 0.6 is 0 Å². The highest BCUT2D eigenvalue weighted by atomic mass is 16.5. The van der Waals surface area contributed by atoms with E-state index in [1.807, 2.05) is 13.0 Å². The summed E-state index contributed by atoms with van der Waals surface area (Å²) in [6, 6.07) is 5.30. The Labute approximate surface area is 126 Å². The lowest BCUT2D eigenvalue weighted by atomic mass is 10.1. The maximum atomic E-state index is 11.9. The number of ether oxygens (including phenoxy) is 2. The predicted octanol–water partition coefficient (Wildman–Crippen LogP) is 2.45. The number of carbonyl (C=O) groups is 1. The fourth-order valence-corrected chi connectivity index (χ4v) is 2.69. The fourth-order valence-electron chi connectivity index (χ4n) is 2.69. The van der Waals surface area contributed by atoms with Gasteiger partial charge in [-0.3, -0.25) is 0 Å². The van der Waals surface area contributed by atoms with Crippen LogP contribution in [-0.4, -0.2) is 38.4 Å². The van der Waals surface area contributed by atoms with Crippen molar-refractivity contribution in [2.24, 2.45) is 0 Å². The topological polar surface area (TPSA) is 64.8 Å². The van der Waals surface area contributed by atoms with Crippen LogP contribution in [-0.2, 0) is 9.47 Å². The van der Waals surface area contributed by atoms with E-state index in [1.165, 1.54) is 0 Å². The minimum Gasteiger partial charge on any atom is -0.462 e. The number of rotatable bonds is 5. The van der Waals surface area contributed by atoms with Gasteiger partial charge in [-0.2, -0.15) is 0 Å². The molecule has 2 N–H and O–H groups in total. The van der Waals surface area contributed by atoms with Gasteiger partial charge in [0, 0.05) is 19.7 Å². The molecule has 1 saturated heterocycles. The first-order valence-electron chi connectivity index (χ1n) is 7.58. The first-order valence-corrected chi connectivity index (χ1v) is 7.58. The van der Waals surface area contributed by atoms with E-state index < -0.39 is 0 Å². The smallest absolute Gasteiger partial charge is 0.338 e. The van der Waals surface area contributed by atoms with Crippen molar-refractivity contribution in [3.63, 3.8) is 0 Å². The van der Waals surface area contributed by atoms with E-state index in [0.717, 1.165) is 38.2 Å². The molecule has 21 heavy (non-hydrogen) atoms. The number of nitrogens with zero attached hydrogens (tertiary/aromatic N) is 1. The Morgan fingerprint density at radius 1 is 1.38 bits per heavy atom. The third-order valence-electron chi connectivity index (χ3n) is 3.66. The second-order valence-corrected chi connectivity index (χ2v) is 5.16. The molecule has 5 heteroatoms. The van der Waals surface area contributed by atoms with Crippen LogP contribution in [0.1, 0.15) is 37.0 Å². The van der Waals surface area contributed by atoms with Crippen molar-refractivity contribution in [2.45, 2.75) is 32.8 Å². The quantitative estimate of drug-likeness (QED) is 0.667. The molecule has 0 aromatic heterocycles. The van der Waals surface area contributed by atoms with Gasteiger partial charge in [-0.15, -0.1) is 0 Å². The van der Waals surface area contributed by atoms with Crippen molar-refractivity contribution in [2.75, 3.05) is 36.9 Å². The van der Waals surface area contributed by atoms with Gasteiger partial charge in [-0.1, -0.05) is 0 Å². The molecule has 1 aliphatic rings. The van der Waals surface area contributed by atoms with E-state index in [1.54, 1.807) is 19.1 Å². The summed E-state index contributed by atoms with van der Waals surface area (Å²) in [5.74, 6) is -0.308. The summed E-state index contributed by atoms with van der Waals surface area (Å²) >= 11 is 0. The molecule has 1 unspecified atom stereocenters. The Morgan fingerprint density at radius 2 is 2.19 bits per heavy atom. The second-order valence-electron chi connectivity index (χ2n) is 5.16. The molecule has 1 fully saturated rings. The van der Waals surface area contributed by atoms with E-state index in [-0.39, 0.29) is 12.1 Å². The standard InChI is InChI=1S/C16H24N2O3/c1-3-20-13-6-5-9-18(11-13)15-10-12(7-8-14(15)17)16(19)21-4-2/h7-8,10,13H,3-6,9,11,17H2,1-2H3. The molecule has 1 aromatic rings. The maximum absolute atomic E-state index is 11.9. The van der Waals surface area contributed by atoms with Crippen LogP contribution < -0.4 is 10.6 Å². The predicted molar refractivity (Wildman–Crippen MR) is 83.7 cm³/mol. The fraction of sp³-hybridized carbons (Fsp3) is 0.562. The average Bonchev–Trinajstić information content (AvgIpc) is 2.48. The third-order valence-corrected chi connectivity index (χ3v) is 3.66. The number of hydrogen-bond acceptors (Lipinski definition) is 5. The van der Waals surface area contributed by atoms with Gasteiger partial charge in [-0.05, 0) is 44.9 Å². The zero-order chi connectivity index (χ0) is 15.2. The average molecular weight is 292 g/mol. The molecule has 1 aromatic carbocycles. The molecular formula is C16H24N2O3. The Bertz CT molecular complexity index is 488. The molecule has 116 valence electrons. The number of piperidine rings is 1. The van der Waals surface area contributed by atoms with Gasteiger partial charge in [-0.25, -0.2) is 4.79 Å². The summed E-state index contributed by atoms with van der Waals surface area (Å²) in [5.41, 5.74) is 8.19. The Hall–Kier alpha value is -1.75. The van der Waals surface area contributed by atoms with Crippen LogP contribution in [0.2, 0.25) is 0 Å². The van der Waals surface area contributed by atoms with E-state index >= 15 is 0 Å². The summed E-state index contributed by atoms with van der Waals surface area (Å²) in [4.78, 5) is 14.0. The van der Waals surface area contributed by atoms with Crippen LogP contribution in [0.25, 0.3) is 0 Å². The molecule has 0 aliphatic carbocycles. The molecular weight excluding hydrogens is 268 g/mol. The minimum atomic E-state index is -0.308. The number of benzene rings is 1. The lowest BCUT2D eigenvalue weighted by molar-refractivity contribution is 0.0525. The van der Waals surface area contributed by atoms with Gasteiger partial charge >= 0.3 is 5.97 Å². The molecule has 1 heterocycles. The summed E-state index contributed by atoms with van der Waals surface area (Å²) in [7, 11) is 0. The lowest BCUT2D eigenvalue weighted by Crippen LogP contribution is -2.40. The van der Waals surface area contributed by atoms with Crippen LogP contribution in [0.3, 0.4) is 0 Å². The Morgan fingerprint density at radius 3 is 2.90 bits per heavy atom. The molecule has 0 radical (unpaired) electrons. The van der Waals surface area contributed by atoms with Crippen LogP contribution in [0, 0.1) is 0 Å². The largest absolute Gasteiger partial charge is 0.462 e. The van der Waals surface area contributed by atoms with E-state index in [9.17, 15) is 4.79 Å². The Kier molecular flexibility index (Phi) is 5.44. The number of carbonyl (C=O) groups excluding carboxylic acids is 1. The SMILES string of the molecule is CCOC(=O)c1ccc(N)c(N2CCCC(OCC)C2)c1. The van der Waals surface area contributed by atoms with Crippen molar-refractivity contribution in [1.82, 2.24) is 0 Å². The number of nitrogens with two attached hydrogens (primary N) is 1. The monoisotopic (exact) mass is 292 g/mol. The molecule has 0 saturated carbocycles. The summed E-state index contributed by atoms with van der Waals surface area (Å²) in [6.07, 6.45) is 2.37. The maximum Gasteiger partial charge on any atom is 0.338 e. The number of anilines is 2. The normalized spacial score (nSPS) is 18.6. The van der Waals surface area contributed by atoms with E-state index in [2.05, 4.69) is 4.90 Å². The van der Waals surface area contributed by atoms with Gasteiger partial charge in [0.1, 0.15) is 0 Å². The molecule has 0 amide bonds. The highest BCUT2D eigenvalue weighted by Gasteiger charge is 2.22. The molecule has 5 nitrogen and oxygen atoms in total. The number of esters is 1. The van der Waals surface area contributed by atoms with Crippen LogP contribution in [0.15, 0.2) is 18.2 Å². The lowest BCUT2D eigenvalue weighted by Gasteiger charge is -2.35. The molecule has 0 bridgehead atoms. The van der Waals surface area contributed by atoms with Crippen molar-refractivity contribution in [3.8, 4) is 0 Å². The first kappa shape index (κ1) is 15.6. The van der Waals surface area contributed by atoms with Gasteiger partial charge in [0.2, 0.25) is 0 Å². The molecule has 2 rings (SSSR count). The van der Waals surface area contributed by atoms with Crippen molar-refractivity contribution in [3.05, 3.63) is 23.8 Å². The molecule has 1 aliphatic heterocycles. The summed E-state index contributed by atoms with van der Waals surface area (Å²) < 4.78 is 10.8. The third kappa shape index (κ3) is 3.88. The van der Waals surface area contributed by atoms with Crippen molar-refractivity contribution < 1.29 is 14.3 Å². The molecule has 0 spiro atoms. The number of nitrogen functional groups attached to an aromatic ring is 1. The van der Waals surface area contributed by atoms with E-state index in [4.69, 9.17) is 15.2 Å². The van der Waals surface area contributed by atoms with Gasteiger partial charge in [0.15, 0.2) is 0 Å². The van der Waals surface area contributed by atoms with Gasteiger partial charge < -0.3 is 20.1 Å². The van der Waals surface area contributed by atoms with Gasteiger partial charge in [0.05, 0.1) is 29.6 Å². The first-order chi connectivity index (χ1) is 10.2. The minimum absolute atomic E-state index is 0.231. The van der Waals surface area contributed by atoms with Gasteiger partial charge in [0.25, 0.3) is 0 Å². The molecule has 1 atom stereocenters. The zero-order valence-corrected chi connectivity index (χ0v) is 12.8. The summed E-state index contributed by atoms with van der Waals surface area (Å²) in [6.45, 7) is 6.64. The second kappa shape index (κ2) is 7.31. The van der Waals surface area contributed by atoms with Crippen molar-refractivity contribution in [1.29, 1.82) is 0 Å². The Balaban J connectivity index is 2.17. The highest BCUT2D eigenvalue weighted by molar-refractivity contribution is 5.92. The van der Waals surface area contributed by atoms with Crippen LogP contribution in [0.5, 0.6) is 0 Å². The highest BCUT2D eigenvalue weighted by Crippen LogP contribution is 2.28.